The molecule has 240 valence electrons. The molecule has 1 amide bonds. The van der Waals surface area contributed by atoms with Crippen molar-refractivity contribution in [1.29, 1.82) is 0 Å². The first-order valence-corrected chi connectivity index (χ1v) is 13.2. The van der Waals surface area contributed by atoms with Gasteiger partial charge in [0.25, 0.3) is 0 Å². The monoisotopic (exact) mass is 667 g/mol. The summed E-state index contributed by atoms with van der Waals surface area (Å²) >= 11 is 0. The summed E-state index contributed by atoms with van der Waals surface area (Å²) in [6.45, 7) is 5.17. The highest BCUT2D eigenvalue weighted by Crippen LogP contribution is 2.24. The van der Waals surface area contributed by atoms with Crippen LogP contribution < -0.4 is 10.6 Å². The van der Waals surface area contributed by atoms with E-state index >= 15 is 0 Å². The number of hydrogen-bond acceptors (Lipinski definition) is 7. The molecule has 2 N–H and O–H groups in total. The first-order chi connectivity index (χ1) is 17.6. The Morgan fingerprint density at radius 2 is 0.976 bits per heavy atom. The zero-order valence-corrected chi connectivity index (χ0v) is 25.8. The van der Waals surface area contributed by atoms with Gasteiger partial charge in [0, 0.05) is 43.2 Å². The second-order valence-electron chi connectivity index (χ2n) is 9.81. The Morgan fingerprint density at radius 1 is 0.595 bits per heavy atom. The van der Waals surface area contributed by atoms with Crippen molar-refractivity contribution in [2.75, 3.05) is 39.3 Å². The number of amides is 1. The molecule has 3 saturated heterocycles. The average Bonchev–Trinajstić information content (AvgIpc) is 2.98. The molecule has 2 aromatic heterocycles. The Kier molecular flexibility index (Phi) is 25.1. The summed E-state index contributed by atoms with van der Waals surface area (Å²) < 4.78 is 0. The Morgan fingerprint density at radius 3 is 1.36 bits per heavy atom. The van der Waals surface area contributed by atoms with Crippen LogP contribution in [0.4, 0.5) is 0 Å². The smallest absolute Gasteiger partial charge is 0.225 e. The summed E-state index contributed by atoms with van der Waals surface area (Å²) in [7, 11) is 0. The van der Waals surface area contributed by atoms with Crippen LogP contribution in [0.5, 0.6) is 0 Å². The number of aromatic nitrogens is 2. The van der Waals surface area contributed by atoms with Crippen LogP contribution in [0.15, 0.2) is 48.8 Å². The zero-order valence-electron chi connectivity index (χ0n) is 22.5. The lowest BCUT2D eigenvalue weighted by Gasteiger charge is -2.34. The molecule has 42 heavy (non-hydrogen) atoms. The largest absolute Gasteiger partial charge is 0.342 e. The number of piperidine rings is 3. The highest BCUT2D eigenvalue weighted by atomic mass is 35.5. The molecule has 0 aromatic carbocycles. The van der Waals surface area contributed by atoms with Crippen molar-refractivity contribution in [3.05, 3.63) is 60.2 Å². The number of nitrogens with zero attached hydrogens (tertiary/aromatic N) is 3. The second kappa shape index (κ2) is 23.6. The van der Waals surface area contributed by atoms with E-state index in [-0.39, 0.29) is 99.7 Å². The molecule has 8 nitrogen and oxygen atoms in total. The van der Waals surface area contributed by atoms with Crippen LogP contribution in [0.3, 0.4) is 0 Å². The summed E-state index contributed by atoms with van der Waals surface area (Å²) in [6.07, 6.45) is 8.59. The topological polar surface area (TPSA) is 104 Å². The Bertz CT molecular complexity index is 1000. The highest BCUT2D eigenvalue weighted by Gasteiger charge is 2.32. The van der Waals surface area contributed by atoms with Crippen molar-refractivity contribution < 1.29 is 14.4 Å². The summed E-state index contributed by atoms with van der Waals surface area (Å²) in [5, 5.41) is 6.54. The lowest BCUT2D eigenvalue weighted by Crippen LogP contribution is -2.45. The predicted molar refractivity (Wildman–Crippen MR) is 180 cm³/mol. The number of likely N-dealkylation sites (tertiary alicyclic amines) is 1. The van der Waals surface area contributed by atoms with E-state index < -0.39 is 0 Å². The normalized spacial score (nSPS) is 16.9. The van der Waals surface area contributed by atoms with E-state index in [2.05, 4.69) is 20.6 Å². The molecular formula is C30H49Cl4N5O3. The van der Waals surface area contributed by atoms with E-state index in [4.69, 9.17) is 0 Å². The number of pyridine rings is 2. The van der Waals surface area contributed by atoms with Crippen molar-refractivity contribution in [2.24, 2.45) is 17.8 Å². The van der Waals surface area contributed by atoms with Gasteiger partial charge in [0.1, 0.15) is 11.4 Å². The van der Waals surface area contributed by atoms with Crippen molar-refractivity contribution in [1.82, 2.24) is 25.5 Å². The molecule has 0 atom stereocenters. The van der Waals surface area contributed by atoms with Crippen molar-refractivity contribution in [2.45, 2.75) is 53.4 Å². The van der Waals surface area contributed by atoms with Crippen LogP contribution in [0.2, 0.25) is 0 Å². The van der Waals surface area contributed by atoms with Gasteiger partial charge in [0.2, 0.25) is 5.91 Å². The number of Topliss-reactive ketones (excluding diaryl/α,β-unsaturated/α-hetero) is 2. The molecular weight excluding hydrogens is 620 g/mol. The molecule has 0 saturated carbocycles. The molecule has 12 heteroatoms. The average molecular weight is 670 g/mol. The van der Waals surface area contributed by atoms with Crippen molar-refractivity contribution in [3.63, 3.8) is 0 Å². The SMILES string of the molecule is C.C.Cl.Cl.Cl.Cl.O=C(c1ccccn1)C1CCN(C(=O)C2CCNCC2)CC1.O=C(c1ccccn1)C1CCNCC1. The first-order valence-electron chi connectivity index (χ1n) is 13.2. The van der Waals surface area contributed by atoms with E-state index in [9.17, 15) is 14.4 Å². The molecule has 0 radical (unpaired) electrons. The van der Waals surface area contributed by atoms with Crippen molar-refractivity contribution in [3.8, 4) is 0 Å². The third-order valence-corrected chi connectivity index (χ3v) is 7.41. The quantitative estimate of drug-likeness (QED) is 0.393. The van der Waals surface area contributed by atoms with E-state index in [1.54, 1.807) is 24.5 Å². The number of hydrogen-bond donors (Lipinski definition) is 2. The number of carbonyl (C=O) groups is 3. The van der Waals surface area contributed by atoms with Crippen LogP contribution in [0, 0.1) is 17.8 Å². The van der Waals surface area contributed by atoms with Gasteiger partial charge in [-0.25, -0.2) is 0 Å². The summed E-state index contributed by atoms with van der Waals surface area (Å²) in [5.74, 6) is 0.953. The number of ketones is 2. The molecule has 3 aliphatic heterocycles. The van der Waals surface area contributed by atoms with Crippen LogP contribution >= 0.6 is 49.6 Å². The molecule has 0 unspecified atom stereocenters. The summed E-state index contributed by atoms with van der Waals surface area (Å²) in [4.78, 5) is 47.0. The molecule has 0 bridgehead atoms. The Balaban J connectivity index is -0.000000677. The molecule has 2 aromatic rings. The maximum Gasteiger partial charge on any atom is 0.225 e. The maximum atomic E-state index is 12.5. The van der Waals surface area contributed by atoms with Gasteiger partial charge in [-0.2, -0.15) is 0 Å². The first kappa shape index (κ1) is 44.6. The van der Waals surface area contributed by atoms with E-state index in [0.717, 1.165) is 64.7 Å². The van der Waals surface area contributed by atoms with Gasteiger partial charge < -0.3 is 15.5 Å². The fraction of sp³-hybridized carbons (Fsp3) is 0.567. The van der Waals surface area contributed by atoms with E-state index in [1.165, 1.54) is 0 Å². The lowest BCUT2D eigenvalue weighted by atomic mass is 9.89. The van der Waals surface area contributed by atoms with Crippen LogP contribution in [-0.4, -0.2) is 71.6 Å². The Labute approximate surface area is 276 Å². The van der Waals surface area contributed by atoms with Gasteiger partial charge in [-0.05, 0) is 89.0 Å². The zero-order chi connectivity index (χ0) is 25.2. The van der Waals surface area contributed by atoms with Crippen LogP contribution in [0.25, 0.3) is 0 Å². The van der Waals surface area contributed by atoms with E-state index in [0.29, 0.717) is 24.5 Å². The van der Waals surface area contributed by atoms with Crippen molar-refractivity contribution >= 4 is 67.1 Å². The van der Waals surface area contributed by atoms with Gasteiger partial charge in [0.05, 0.1) is 0 Å². The van der Waals surface area contributed by atoms with Gasteiger partial charge in [-0.15, -0.1) is 49.6 Å². The molecule has 5 heterocycles. The van der Waals surface area contributed by atoms with Gasteiger partial charge >= 0.3 is 0 Å². The Hall–Kier alpha value is -1.81. The fourth-order valence-electron chi connectivity index (χ4n) is 5.21. The number of nitrogens with one attached hydrogen (secondary N) is 2. The highest BCUT2D eigenvalue weighted by molar-refractivity contribution is 5.96. The molecule has 0 spiro atoms. The van der Waals surface area contributed by atoms with Crippen LogP contribution in [-0.2, 0) is 4.79 Å². The van der Waals surface area contributed by atoms with Gasteiger partial charge in [-0.1, -0.05) is 27.0 Å². The molecule has 3 aliphatic rings. The number of carbonyl (C=O) groups excluding carboxylic acids is 3. The van der Waals surface area contributed by atoms with Gasteiger partial charge in [0.15, 0.2) is 11.6 Å². The summed E-state index contributed by atoms with van der Waals surface area (Å²) in [6, 6.07) is 10.9. The fourth-order valence-corrected chi connectivity index (χ4v) is 5.21. The summed E-state index contributed by atoms with van der Waals surface area (Å²) in [5.41, 5.74) is 1.16. The van der Waals surface area contributed by atoms with E-state index in [1.807, 2.05) is 29.2 Å². The third-order valence-electron chi connectivity index (χ3n) is 7.41. The molecule has 0 aliphatic carbocycles. The van der Waals surface area contributed by atoms with Crippen LogP contribution in [0.1, 0.15) is 74.4 Å². The van der Waals surface area contributed by atoms with Gasteiger partial charge in [-0.3, -0.25) is 24.4 Å². The minimum atomic E-state index is 0. The second-order valence-corrected chi connectivity index (χ2v) is 9.81. The molecule has 3 fully saturated rings. The predicted octanol–water partition coefficient (Wildman–Crippen LogP) is 5.73. The maximum absolute atomic E-state index is 12.5. The number of rotatable bonds is 5. The number of halogens is 4. The molecule has 5 rings (SSSR count). The lowest BCUT2D eigenvalue weighted by molar-refractivity contribution is -0.137. The third kappa shape index (κ3) is 12.8. The minimum Gasteiger partial charge on any atom is -0.342 e. The standard InChI is InChI=1S/C17H23N3O2.C11H14N2O.2CH4.4ClH/c21-16(15-3-1-2-8-19-15)13-6-11-20(12-7-13)17(22)14-4-9-18-10-5-14;14-11(9-4-7-12-8-5-9)10-3-1-2-6-13-10;;;;;;/h1-3,8,13-14,18H,4-7,9-12H2;1-3,6,9,12H,4-5,7-8H2;2*1H4;4*1H. The minimum absolute atomic E-state index is 0.